The first-order valence-corrected chi connectivity index (χ1v) is 6.97. The third-order valence-corrected chi connectivity index (χ3v) is 3.32. The molecule has 0 atom stereocenters. The largest absolute Gasteiger partial charge is 0.463 e. The van der Waals surface area contributed by atoms with Gasteiger partial charge in [-0.3, -0.25) is 0 Å². The van der Waals surface area contributed by atoms with Crippen molar-refractivity contribution in [1.29, 1.82) is 0 Å². The summed E-state index contributed by atoms with van der Waals surface area (Å²) in [5.41, 5.74) is 2.71. The minimum Gasteiger partial charge on any atom is -0.463 e. The summed E-state index contributed by atoms with van der Waals surface area (Å²) >= 11 is 0. The number of rotatable bonds is 4. The zero-order valence-electron chi connectivity index (χ0n) is 11.5. The lowest BCUT2D eigenvalue weighted by molar-refractivity contribution is -0.137. The van der Waals surface area contributed by atoms with Gasteiger partial charge in [0.05, 0.1) is 6.61 Å². The molecule has 1 heterocycles. The number of hydrogen-bond donors (Lipinski definition) is 0. The summed E-state index contributed by atoms with van der Waals surface area (Å²) in [5, 5.41) is 0. The lowest BCUT2D eigenvalue weighted by Gasteiger charge is -2.23. The molecule has 19 heavy (non-hydrogen) atoms. The van der Waals surface area contributed by atoms with E-state index in [2.05, 4.69) is 29.2 Å². The number of esters is 1. The summed E-state index contributed by atoms with van der Waals surface area (Å²) in [6.07, 6.45) is 6.99. The van der Waals surface area contributed by atoms with Gasteiger partial charge in [-0.25, -0.2) is 4.79 Å². The molecule has 0 saturated heterocycles. The molecule has 0 aromatic heterocycles. The van der Waals surface area contributed by atoms with Crippen LogP contribution in [0.15, 0.2) is 36.4 Å². The highest BCUT2D eigenvalue weighted by atomic mass is 16.5. The summed E-state index contributed by atoms with van der Waals surface area (Å²) in [6.45, 7) is 4.05. The second-order valence-corrected chi connectivity index (χ2v) is 4.69. The Kier molecular flexibility index (Phi) is 5.01. The van der Waals surface area contributed by atoms with Crippen LogP contribution in [-0.4, -0.2) is 25.7 Å². The highest BCUT2D eigenvalue weighted by Crippen LogP contribution is 2.25. The molecule has 1 aromatic rings. The van der Waals surface area contributed by atoms with Gasteiger partial charge in [-0.2, -0.15) is 0 Å². The molecule has 0 unspecified atom stereocenters. The molecule has 1 aromatic carbocycles. The monoisotopic (exact) mass is 259 g/mol. The summed E-state index contributed by atoms with van der Waals surface area (Å²) < 4.78 is 4.88. The predicted octanol–water partition coefficient (Wildman–Crippen LogP) is 2.95. The van der Waals surface area contributed by atoms with Gasteiger partial charge in [0.15, 0.2) is 0 Å². The van der Waals surface area contributed by atoms with Gasteiger partial charge < -0.3 is 9.64 Å². The summed E-state index contributed by atoms with van der Waals surface area (Å²) in [7, 11) is 0. The Morgan fingerprint density at radius 1 is 1.37 bits per heavy atom. The fourth-order valence-electron chi connectivity index (χ4n) is 2.43. The SMILES string of the molecule is CCOC(=O)/C=C/CN1CCCCc2ccccc21. The number of ether oxygens (including phenoxy) is 1. The van der Waals surface area contributed by atoms with E-state index in [0.717, 1.165) is 19.5 Å². The maximum absolute atomic E-state index is 11.3. The molecule has 3 nitrogen and oxygen atoms in total. The van der Waals surface area contributed by atoms with Gasteiger partial charge >= 0.3 is 5.97 Å². The second-order valence-electron chi connectivity index (χ2n) is 4.69. The van der Waals surface area contributed by atoms with E-state index in [1.54, 1.807) is 0 Å². The van der Waals surface area contributed by atoms with Crippen molar-refractivity contribution in [2.45, 2.75) is 26.2 Å². The van der Waals surface area contributed by atoms with Crippen molar-refractivity contribution in [2.75, 3.05) is 24.6 Å². The van der Waals surface area contributed by atoms with Crippen molar-refractivity contribution in [3.63, 3.8) is 0 Å². The van der Waals surface area contributed by atoms with Crippen LogP contribution < -0.4 is 4.90 Å². The zero-order chi connectivity index (χ0) is 13.5. The van der Waals surface area contributed by atoms with Crippen molar-refractivity contribution in [3.8, 4) is 0 Å². The molecular weight excluding hydrogens is 238 g/mol. The third-order valence-electron chi connectivity index (χ3n) is 3.32. The van der Waals surface area contributed by atoms with Crippen molar-refractivity contribution in [1.82, 2.24) is 0 Å². The van der Waals surface area contributed by atoms with Gasteiger partial charge in [-0.15, -0.1) is 0 Å². The Hall–Kier alpha value is -1.77. The zero-order valence-corrected chi connectivity index (χ0v) is 11.5. The van der Waals surface area contributed by atoms with E-state index in [1.165, 1.54) is 30.2 Å². The van der Waals surface area contributed by atoms with E-state index in [4.69, 9.17) is 4.74 Å². The van der Waals surface area contributed by atoms with E-state index in [0.29, 0.717) is 6.61 Å². The van der Waals surface area contributed by atoms with Crippen molar-refractivity contribution in [3.05, 3.63) is 42.0 Å². The average Bonchev–Trinajstić information content (AvgIpc) is 2.62. The molecule has 102 valence electrons. The minimum absolute atomic E-state index is 0.259. The fourth-order valence-corrected chi connectivity index (χ4v) is 2.43. The van der Waals surface area contributed by atoms with E-state index in [9.17, 15) is 4.79 Å². The average molecular weight is 259 g/mol. The number of carbonyl (C=O) groups is 1. The number of benzene rings is 1. The first-order valence-electron chi connectivity index (χ1n) is 6.97. The number of hydrogen-bond acceptors (Lipinski definition) is 3. The molecule has 0 amide bonds. The number of para-hydroxylation sites is 1. The predicted molar refractivity (Wildman–Crippen MR) is 77.4 cm³/mol. The number of aryl methyl sites for hydroxylation is 1. The topological polar surface area (TPSA) is 29.5 Å². The van der Waals surface area contributed by atoms with Gasteiger partial charge in [-0.1, -0.05) is 24.3 Å². The highest BCUT2D eigenvalue weighted by Gasteiger charge is 2.13. The number of anilines is 1. The van der Waals surface area contributed by atoms with Gasteiger partial charge in [0.25, 0.3) is 0 Å². The van der Waals surface area contributed by atoms with Crippen molar-refractivity contribution >= 4 is 11.7 Å². The highest BCUT2D eigenvalue weighted by molar-refractivity contribution is 5.82. The molecule has 1 aliphatic heterocycles. The van der Waals surface area contributed by atoms with Crippen LogP contribution in [0.1, 0.15) is 25.3 Å². The lowest BCUT2D eigenvalue weighted by atomic mass is 10.1. The quantitative estimate of drug-likeness (QED) is 0.615. The Morgan fingerprint density at radius 3 is 3.05 bits per heavy atom. The molecule has 0 bridgehead atoms. The minimum atomic E-state index is -0.259. The number of carbonyl (C=O) groups excluding carboxylic acids is 1. The first kappa shape index (κ1) is 13.7. The van der Waals surface area contributed by atoms with Gasteiger partial charge in [0.2, 0.25) is 0 Å². The number of nitrogens with zero attached hydrogens (tertiary/aromatic N) is 1. The molecule has 2 rings (SSSR count). The molecule has 0 N–H and O–H groups in total. The normalized spacial score (nSPS) is 15.1. The smallest absolute Gasteiger partial charge is 0.330 e. The van der Waals surface area contributed by atoms with Crippen LogP contribution in [0.2, 0.25) is 0 Å². The molecular formula is C16H21NO2. The summed E-state index contributed by atoms with van der Waals surface area (Å²) in [6, 6.07) is 8.53. The Labute approximate surface area is 114 Å². The van der Waals surface area contributed by atoms with Crippen LogP contribution in [0.25, 0.3) is 0 Å². The summed E-state index contributed by atoms with van der Waals surface area (Å²) in [4.78, 5) is 13.6. The molecule has 3 heteroatoms. The van der Waals surface area contributed by atoms with Crippen LogP contribution >= 0.6 is 0 Å². The van der Waals surface area contributed by atoms with Gasteiger partial charge in [-0.05, 0) is 37.8 Å². The maximum atomic E-state index is 11.3. The van der Waals surface area contributed by atoms with E-state index < -0.39 is 0 Å². The van der Waals surface area contributed by atoms with Crippen LogP contribution in [0.4, 0.5) is 5.69 Å². The van der Waals surface area contributed by atoms with E-state index in [-0.39, 0.29) is 5.97 Å². The van der Waals surface area contributed by atoms with Crippen LogP contribution in [-0.2, 0) is 16.0 Å². The molecule has 0 aliphatic carbocycles. The third kappa shape index (κ3) is 3.85. The van der Waals surface area contributed by atoms with Crippen LogP contribution in [0, 0.1) is 0 Å². The molecule has 0 saturated carbocycles. The Morgan fingerprint density at radius 2 is 2.21 bits per heavy atom. The van der Waals surface area contributed by atoms with Crippen LogP contribution in [0.3, 0.4) is 0 Å². The molecule has 0 fully saturated rings. The molecule has 0 radical (unpaired) electrons. The van der Waals surface area contributed by atoms with E-state index >= 15 is 0 Å². The standard InChI is InChI=1S/C16H21NO2/c1-2-19-16(18)11-7-13-17-12-6-5-9-14-8-3-4-10-15(14)17/h3-4,7-8,10-11H,2,5-6,9,12-13H2,1H3/b11-7+. The summed E-state index contributed by atoms with van der Waals surface area (Å²) in [5.74, 6) is -0.259. The fraction of sp³-hybridized carbons (Fsp3) is 0.438. The molecule has 1 aliphatic rings. The first-order chi connectivity index (χ1) is 9.31. The van der Waals surface area contributed by atoms with Crippen molar-refractivity contribution in [2.24, 2.45) is 0 Å². The second kappa shape index (κ2) is 6.98. The van der Waals surface area contributed by atoms with Gasteiger partial charge in [0.1, 0.15) is 0 Å². The van der Waals surface area contributed by atoms with Gasteiger partial charge in [0, 0.05) is 24.9 Å². The maximum Gasteiger partial charge on any atom is 0.330 e. The van der Waals surface area contributed by atoms with Crippen LogP contribution in [0.5, 0.6) is 0 Å². The lowest BCUT2D eigenvalue weighted by Crippen LogP contribution is -2.24. The van der Waals surface area contributed by atoms with Crippen molar-refractivity contribution < 1.29 is 9.53 Å². The number of fused-ring (bicyclic) bond motifs is 1. The van der Waals surface area contributed by atoms with E-state index in [1.807, 2.05) is 13.0 Å². The Balaban J connectivity index is 2.02. The Bertz CT molecular complexity index is 454. The molecule has 0 spiro atoms.